The summed E-state index contributed by atoms with van der Waals surface area (Å²) in [4.78, 5) is 16.3. The molecule has 0 atom stereocenters. The Hall–Kier alpha value is -3.15. The van der Waals surface area contributed by atoms with E-state index in [1.165, 1.54) is 6.33 Å². The lowest BCUT2D eigenvalue weighted by Gasteiger charge is -2.05. The summed E-state index contributed by atoms with van der Waals surface area (Å²) in [7, 11) is 1.59. The van der Waals surface area contributed by atoms with Crippen LogP contribution in [0.25, 0.3) is 5.69 Å². The Bertz CT molecular complexity index is 825. The number of methoxy groups -OCH3 is 1. The first-order valence-electron chi connectivity index (χ1n) is 7.10. The molecule has 6 heteroatoms. The predicted molar refractivity (Wildman–Crippen MR) is 87.0 cm³/mol. The first-order valence-corrected chi connectivity index (χ1v) is 7.10. The normalized spacial score (nSPS) is 10.3. The molecule has 1 N–H and O–H groups in total. The van der Waals surface area contributed by atoms with Crippen molar-refractivity contribution in [3.8, 4) is 11.4 Å². The number of hydrogen-bond donors (Lipinski definition) is 1. The molecule has 0 aliphatic rings. The van der Waals surface area contributed by atoms with Gasteiger partial charge >= 0.3 is 0 Å². The summed E-state index contributed by atoms with van der Waals surface area (Å²) in [6, 6.07) is 14.8. The van der Waals surface area contributed by atoms with Crippen molar-refractivity contribution in [3.63, 3.8) is 0 Å². The second kappa shape index (κ2) is 6.31. The molecule has 0 fully saturated rings. The molecular formula is C17H16N4O2. The number of carbonyl (C=O) groups excluding carboxylic acids is 1. The average molecular weight is 308 g/mol. The summed E-state index contributed by atoms with van der Waals surface area (Å²) in [6.07, 6.45) is 1.53. The lowest BCUT2D eigenvalue weighted by atomic mass is 10.2. The van der Waals surface area contributed by atoms with Crippen LogP contribution in [0, 0.1) is 6.92 Å². The van der Waals surface area contributed by atoms with E-state index in [4.69, 9.17) is 4.74 Å². The van der Waals surface area contributed by atoms with Crippen molar-refractivity contribution < 1.29 is 9.53 Å². The number of rotatable bonds is 4. The van der Waals surface area contributed by atoms with E-state index >= 15 is 0 Å². The number of para-hydroxylation sites is 1. The van der Waals surface area contributed by atoms with Crippen LogP contribution < -0.4 is 10.1 Å². The van der Waals surface area contributed by atoms with Gasteiger partial charge in [0.1, 0.15) is 12.1 Å². The van der Waals surface area contributed by atoms with Gasteiger partial charge in [0.05, 0.1) is 12.8 Å². The average Bonchev–Trinajstić information content (AvgIpc) is 3.06. The summed E-state index contributed by atoms with van der Waals surface area (Å²) in [5, 5.41) is 7.00. The molecule has 23 heavy (non-hydrogen) atoms. The Morgan fingerprint density at radius 2 is 1.87 bits per heavy atom. The Labute approximate surface area is 133 Å². The van der Waals surface area contributed by atoms with Crippen LogP contribution in [0.15, 0.2) is 54.9 Å². The molecule has 6 nitrogen and oxygen atoms in total. The fraction of sp³-hybridized carbons (Fsp3) is 0.118. The van der Waals surface area contributed by atoms with Crippen molar-refractivity contribution >= 4 is 11.6 Å². The van der Waals surface area contributed by atoms with Crippen molar-refractivity contribution in [1.82, 2.24) is 14.8 Å². The number of anilines is 1. The van der Waals surface area contributed by atoms with Gasteiger partial charge in [-0.25, -0.2) is 9.67 Å². The van der Waals surface area contributed by atoms with E-state index < -0.39 is 0 Å². The fourth-order valence-corrected chi connectivity index (χ4v) is 2.16. The molecular weight excluding hydrogens is 292 g/mol. The Morgan fingerprint density at radius 3 is 2.57 bits per heavy atom. The van der Waals surface area contributed by atoms with Crippen molar-refractivity contribution in [1.29, 1.82) is 0 Å². The van der Waals surface area contributed by atoms with Gasteiger partial charge in [0.25, 0.3) is 5.91 Å². The highest BCUT2D eigenvalue weighted by Crippen LogP contribution is 2.16. The van der Waals surface area contributed by atoms with E-state index in [1.54, 1.807) is 36.1 Å². The van der Waals surface area contributed by atoms with E-state index in [0.29, 0.717) is 5.69 Å². The van der Waals surface area contributed by atoms with Crippen molar-refractivity contribution in [3.05, 3.63) is 66.2 Å². The van der Waals surface area contributed by atoms with E-state index in [9.17, 15) is 4.79 Å². The number of aryl methyl sites for hydroxylation is 1. The lowest BCUT2D eigenvalue weighted by molar-refractivity contribution is 0.101. The van der Waals surface area contributed by atoms with Crippen molar-refractivity contribution in [2.45, 2.75) is 6.92 Å². The van der Waals surface area contributed by atoms with E-state index in [1.807, 2.05) is 31.2 Å². The van der Waals surface area contributed by atoms with Crippen LogP contribution in [0.4, 0.5) is 5.69 Å². The molecule has 1 heterocycles. The van der Waals surface area contributed by atoms with Crippen LogP contribution in [-0.2, 0) is 0 Å². The highest BCUT2D eigenvalue weighted by atomic mass is 16.5. The van der Waals surface area contributed by atoms with Crippen LogP contribution >= 0.6 is 0 Å². The van der Waals surface area contributed by atoms with Gasteiger partial charge in [-0.1, -0.05) is 18.2 Å². The number of ether oxygens (including phenoxy) is 1. The quantitative estimate of drug-likeness (QED) is 0.804. The van der Waals surface area contributed by atoms with Crippen molar-refractivity contribution in [2.75, 3.05) is 12.4 Å². The number of hydrogen-bond acceptors (Lipinski definition) is 4. The summed E-state index contributed by atoms with van der Waals surface area (Å²) >= 11 is 0. The molecule has 0 spiro atoms. The summed E-state index contributed by atoms with van der Waals surface area (Å²) < 4.78 is 6.68. The number of nitrogens with zero attached hydrogens (tertiary/aromatic N) is 3. The van der Waals surface area contributed by atoms with Crippen LogP contribution in [0.2, 0.25) is 0 Å². The zero-order valence-corrected chi connectivity index (χ0v) is 12.9. The van der Waals surface area contributed by atoms with E-state index in [0.717, 1.165) is 17.0 Å². The zero-order valence-electron chi connectivity index (χ0n) is 12.9. The Balaban J connectivity index is 1.77. The third kappa shape index (κ3) is 3.21. The van der Waals surface area contributed by atoms with Crippen LogP contribution in [-0.4, -0.2) is 27.8 Å². The number of nitrogens with one attached hydrogen (secondary N) is 1. The van der Waals surface area contributed by atoms with Crippen LogP contribution in [0.5, 0.6) is 5.75 Å². The standard InChI is InChI=1S/C17H16N4O2/c1-12-5-3-4-6-15(12)21-11-18-16(20-21)17(22)19-13-7-9-14(23-2)10-8-13/h3-11H,1-2H3,(H,19,22). The Kier molecular flexibility index (Phi) is 4.05. The maximum absolute atomic E-state index is 12.2. The van der Waals surface area contributed by atoms with Gasteiger partial charge in [-0.15, -0.1) is 5.10 Å². The monoisotopic (exact) mass is 308 g/mol. The summed E-state index contributed by atoms with van der Waals surface area (Å²) in [5.41, 5.74) is 2.60. The number of benzene rings is 2. The molecule has 116 valence electrons. The third-order valence-corrected chi connectivity index (χ3v) is 3.41. The highest BCUT2D eigenvalue weighted by molar-refractivity contribution is 6.01. The molecule has 0 aliphatic carbocycles. The summed E-state index contributed by atoms with van der Waals surface area (Å²) in [6.45, 7) is 1.98. The second-order valence-corrected chi connectivity index (χ2v) is 4.98. The lowest BCUT2D eigenvalue weighted by Crippen LogP contribution is -2.14. The van der Waals surface area contributed by atoms with Crippen LogP contribution in [0.3, 0.4) is 0 Å². The SMILES string of the molecule is COc1ccc(NC(=O)c2ncn(-c3ccccc3C)n2)cc1. The Morgan fingerprint density at radius 1 is 1.13 bits per heavy atom. The molecule has 0 saturated carbocycles. The van der Waals surface area contributed by atoms with E-state index in [-0.39, 0.29) is 11.7 Å². The molecule has 0 aliphatic heterocycles. The molecule has 0 unspecified atom stereocenters. The molecule has 2 aromatic carbocycles. The molecule has 0 saturated heterocycles. The molecule has 1 amide bonds. The second-order valence-electron chi connectivity index (χ2n) is 4.98. The van der Waals surface area contributed by atoms with Gasteiger partial charge in [0.15, 0.2) is 0 Å². The predicted octanol–water partition coefficient (Wildman–Crippen LogP) is 2.84. The molecule has 0 radical (unpaired) electrons. The van der Waals surface area contributed by atoms with Gasteiger partial charge in [0.2, 0.25) is 5.82 Å². The largest absolute Gasteiger partial charge is 0.497 e. The third-order valence-electron chi connectivity index (χ3n) is 3.41. The zero-order chi connectivity index (χ0) is 16.2. The maximum atomic E-state index is 12.2. The highest BCUT2D eigenvalue weighted by Gasteiger charge is 2.13. The van der Waals surface area contributed by atoms with Gasteiger partial charge in [-0.05, 0) is 42.8 Å². The number of amides is 1. The topological polar surface area (TPSA) is 69.0 Å². The number of aromatic nitrogens is 3. The van der Waals surface area contributed by atoms with Gasteiger partial charge < -0.3 is 10.1 Å². The fourth-order valence-electron chi connectivity index (χ4n) is 2.16. The smallest absolute Gasteiger partial charge is 0.295 e. The van der Waals surface area contributed by atoms with E-state index in [2.05, 4.69) is 15.4 Å². The maximum Gasteiger partial charge on any atom is 0.295 e. The first-order chi connectivity index (χ1) is 11.2. The molecule has 3 aromatic rings. The molecule has 3 rings (SSSR count). The minimum atomic E-state index is -0.359. The number of carbonyl (C=O) groups is 1. The van der Waals surface area contributed by atoms with Gasteiger partial charge in [-0.3, -0.25) is 4.79 Å². The van der Waals surface area contributed by atoms with Gasteiger partial charge in [0, 0.05) is 5.69 Å². The molecule has 1 aromatic heterocycles. The van der Waals surface area contributed by atoms with Crippen LogP contribution in [0.1, 0.15) is 16.2 Å². The minimum absolute atomic E-state index is 0.115. The van der Waals surface area contributed by atoms with Crippen molar-refractivity contribution in [2.24, 2.45) is 0 Å². The van der Waals surface area contributed by atoms with Gasteiger partial charge in [-0.2, -0.15) is 0 Å². The first kappa shape index (κ1) is 14.8. The summed E-state index contributed by atoms with van der Waals surface area (Å²) in [5.74, 6) is 0.483. The minimum Gasteiger partial charge on any atom is -0.497 e. The molecule has 0 bridgehead atoms.